The number of para-hydroxylation sites is 2. The van der Waals surface area contributed by atoms with Crippen LogP contribution in [-0.4, -0.2) is 33.5 Å². The van der Waals surface area contributed by atoms with Gasteiger partial charge in [0.25, 0.3) is 0 Å². The maximum Gasteiger partial charge on any atom is 0.234 e. The van der Waals surface area contributed by atoms with E-state index in [1.165, 1.54) is 17.8 Å². The summed E-state index contributed by atoms with van der Waals surface area (Å²) in [5.74, 6) is 0.576. The Kier molecular flexibility index (Phi) is 5.52. The van der Waals surface area contributed by atoms with Crippen molar-refractivity contribution in [2.45, 2.75) is 5.16 Å². The molecule has 0 unspecified atom stereocenters. The number of anilines is 1. The number of aromatic nitrogens is 3. The minimum Gasteiger partial charge on any atom is -0.495 e. The van der Waals surface area contributed by atoms with Gasteiger partial charge in [-0.1, -0.05) is 36.0 Å². The Morgan fingerprint density at radius 2 is 1.92 bits per heavy atom. The molecule has 3 aromatic rings. The lowest BCUT2D eigenvalue weighted by atomic mass is 10.2. The van der Waals surface area contributed by atoms with Crippen molar-refractivity contribution in [1.29, 1.82) is 0 Å². The van der Waals surface area contributed by atoms with Crippen molar-refractivity contribution in [3.05, 3.63) is 54.3 Å². The van der Waals surface area contributed by atoms with E-state index >= 15 is 0 Å². The normalized spacial score (nSPS) is 10.6. The van der Waals surface area contributed by atoms with Gasteiger partial charge in [-0.3, -0.25) is 4.79 Å². The van der Waals surface area contributed by atoms with Crippen molar-refractivity contribution in [3.63, 3.8) is 0 Å². The molecule has 3 rings (SSSR count). The van der Waals surface area contributed by atoms with Gasteiger partial charge in [-0.05, 0) is 24.3 Å². The van der Waals surface area contributed by atoms with Crippen LogP contribution >= 0.6 is 11.8 Å². The third-order valence-electron chi connectivity index (χ3n) is 3.66. The number of nitrogens with zero attached hydrogens (tertiary/aromatic N) is 3. The zero-order valence-corrected chi connectivity index (χ0v) is 15.1. The summed E-state index contributed by atoms with van der Waals surface area (Å²) in [7, 11) is 3.28. The van der Waals surface area contributed by atoms with Crippen molar-refractivity contribution < 1.29 is 13.9 Å². The number of hydrogen-bond acceptors (Lipinski definition) is 5. The third kappa shape index (κ3) is 3.85. The number of methoxy groups -OCH3 is 1. The predicted molar refractivity (Wildman–Crippen MR) is 98.7 cm³/mol. The van der Waals surface area contributed by atoms with Gasteiger partial charge in [0, 0.05) is 7.05 Å². The van der Waals surface area contributed by atoms with Crippen LogP contribution in [0.15, 0.2) is 53.7 Å². The van der Waals surface area contributed by atoms with Crippen molar-refractivity contribution in [2.75, 3.05) is 18.2 Å². The summed E-state index contributed by atoms with van der Waals surface area (Å²) in [6.07, 6.45) is 0. The van der Waals surface area contributed by atoms with Crippen LogP contribution in [0.3, 0.4) is 0 Å². The number of rotatable bonds is 6. The zero-order valence-electron chi connectivity index (χ0n) is 14.3. The Morgan fingerprint density at radius 1 is 1.19 bits per heavy atom. The number of nitrogens with one attached hydrogen (secondary N) is 1. The number of hydrogen-bond donors (Lipinski definition) is 1. The molecule has 0 aliphatic rings. The Bertz CT molecular complexity index is 929. The highest BCUT2D eigenvalue weighted by molar-refractivity contribution is 7.99. The van der Waals surface area contributed by atoms with E-state index in [2.05, 4.69) is 15.5 Å². The Labute approximate surface area is 154 Å². The molecule has 26 heavy (non-hydrogen) atoms. The van der Waals surface area contributed by atoms with Gasteiger partial charge in [-0.2, -0.15) is 0 Å². The third-order valence-corrected chi connectivity index (χ3v) is 4.68. The van der Waals surface area contributed by atoms with Crippen LogP contribution in [0.2, 0.25) is 0 Å². The summed E-state index contributed by atoms with van der Waals surface area (Å²) in [6, 6.07) is 13.5. The van der Waals surface area contributed by atoms with E-state index in [1.807, 2.05) is 12.1 Å². The standard InChI is InChI=1S/C18H17FN4O2S/c1-23-17(12-7-3-4-8-13(12)19)21-22-18(23)26-11-16(24)20-14-9-5-6-10-15(14)25-2/h3-10H,11H2,1-2H3,(H,20,24). The molecular weight excluding hydrogens is 355 g/mol. The minimum absolute atomic E-state index is 0.140. The van der Waals surface area contributed by atoms with Crippen LogP contribution in [0.5, 0.6) is 5.75 Å². The monoisotopic (exact) mass is 372 g/mol. The van der Waals surface area contributed by atoms with Crippen molar-refractivity contribution >= 4 is 23.4 Å². The number of benzene rings is 2. The van der Waals surface area contributed by atoms with E-state index in [1.54, 1.807) is 49.1 Å². The van der Waals surface area contributed by atoms with Crippen molar-refractivity contribution in [3.8, 4) is 17.1 Å². The quantitative estimate of drug-likeness (QED) is 0.672. The molecule has 0 saturated carbocycles. The van der Waals surface area contributed by atoms with Gasteiger partial charge >= 0.3 is 0 Å². The van der Waals surface area contributed by atoms with Crippen LogP contribution in [0.1, 0.15) is 0 Å². The van der Waals surface area contributed by atoms with Gasteiger partial charge in [-0.25, -0.2) is 4.39 Å². The molecule has 1 heterocycles. The number of amides is 1. The van der Waals surface area contributed by atoms with Crippen LogP contribution in [0, 0.1) is 5.82 Å². The smallest absolute Gasteiger partial charge is 0.234 e. The van der Waals surface area contributed by atoms with E-state index in [4.69, 9.17) is 4.74 Å². The van der Waals surface area contributed by atoms with Crippen LogP contribution in [-0.2, 0) is 11.8 Å². The molecule has 6 nitrogen and oxygen atoms in total. The maximum atomic E-state index is 13.9. The van der Waals surface area contributed by atoms with E-state index in [-0.39, 0.29) is 17.5 Å². The molecule has 8 heteroatoms. The van der Waals surface area contributed by atoms with Gasteiger partial charge in [0.05, 0.1) is 24.1 Å². The molecule has 0 bridgehead atoms. The summed E-state index contributed by atoms with van der Waals surface area (Å²) < 4.78 is 20.8. The van der Waals surface area contributed by atoms with E-state index in [0.29, 0.717) is 28.0 Å². The molecule has 0 spiro atoms. The average molecular weight is 372 g/mol. The molecule has 1 aromatic heterocycles. The highest BCUT2D eigenvalue weighted by Crippen LogP contribution is 2.26. The highest BCUT2D eigenvalue weighted by Gasteiger charge is 2.16. The van der Waals surface area contributed by atoms with Gasteiger partial charge in [0.15, 0.2) is 11.0 Å². The molecule has 1 amide bonds. The van der Waals surface area contributed by atoms with Crippen LogP contribution in [0.25, 0.3) is 11.4 Å². The lowest BCUT2D eigenvalue weighted by Crippen LogP contribution is -2.15. The number of thioether (sulfide) groups is 1. The van der Waals surface area contributed by atoms with Gasteiger partial charge in [0.1, 0.15) is 11.6 Å². The van der Waals surface area contributed by atoms with Crippen LogP contribution in [0.4, 0.5) is 10.1 Å². The Balaban J connectivity index is 1.67. The van der Waals surface area contributed by atoms with Gasteiger partial charge in [0.2, 0.25) is 5.91 Å². The maximum absolute atomic E-state index is 13.9. The highest BCUT2D eigenvalue weighted by atomic mass is 32.2. The summed E-state index contributed by atoms with van der Waals surface area (Å²) in [5, 5.41) is 11.4. The molecule has 0 aliphatic carbocycles. The van der Waals surface area contributed by atoms with Crippen molar-refractivity contribution in [1.82, 2.24) is 14.8 Å². The number of carbonyl (C=O) groups excluding carboxylic acids is 1. The summed E-state index contributed by atoms with van der Waals surface area (Å²) in [6.45, 7) is 0. The second-order valence-corrected chi connectivity index (χ2v) is 6.32. The van der Waals surface area contributed by atoms with E-state index in [0.717, 1.165) is 0 Å². The number of carbonyl (C=O) groups is 1. The number of ether oxygens (including phenoxy) is 1. The van der Waals surface area contributed by atoms with Crippen LogP contribution < -0.4 is 10.1 Å². The molecule has 0 saturated heterocycles. The largest absolute Gasteiger partial charge is 0.495 e. The van der Waals surface area contributed by atoms with Gasteiger partial charge in [-0.15, -0.1) is 10.2 Å². The number of halogens is 1. The second-order valence-electron chi connectivity index (χ2n) is 5.38. The SMILES string of the molecule is COc1ccccc1NC(=O)CSc1nnc(-c2ccccc2F)n1C. The Morgan fingerprint density at radius 3 is 2.69 bits per heavy atom. The first-order valence-electron chi connectivity index (χ1n) is 7.80. The average Bonchev–Trinajstić information content (AvgIpc) is 3.01. The zero-order chi connectivity index (χ0) is 18.5. The molecule has 0 fully saturated rings. The molecular formula is C18H17FN4O2S. The minimum atomic E-state index is -0.367. The predicted octanol–water partition coefficient (Wildman–Crippen LogP) is 3.36. The molecule has 0 radical (unpaired) electrons. The molecule has 134 valence electrons. The summed E-state index contributed by atoms with van der Waals surface area (Å²) >= 11 is 1.22. The van der Waals surface area contributed by atoms with E-state index < -0.39 is 0 Å². The lowest BCUT2D eigenvalue weighted by molar-refractivity contribution is -0.113. The molecule has 2 aromatic carbocycles. The Hall–Kier alpha value is -2.87. The van der Waals surface area contributed by atoms with E-state index in [9.17, 15) is 9.18 Å². The fourth-order valence-corrected chi connectivity index (χ4v) is 3.09. The molecule has 0 atom stereocenters. The lowest BCUT2D eigenvalue weighted by Gasteiger charge is -2.09. The fourth-order valence-electron chi connectivity index (χ4n) is 2.38. The summed E-state index contributed by atoms with van der Waals surface area (Å²) in [4.78, 5) is 12.2. The first-order valence-corrected chi connectivity index (χ1v) is 8.78. The first-order chi connectivity index (χ1) is 12.6. The first kappa shape index (κ1) is 17.9. The van der Waals surface area contributed by atoms with Gasteiger partial charge < -0.3 is 14.6 Å². The topological polar surface area (TPSA) is 69.0 Å². The van der Waals surface area contributed by atoms with Crippen molar-refractivity contribution in [2.24, 2.45) is 7.05 Å². The molecule has 0 aliphatic heterocycles. The summed E-state index contributed by atoms with van der Waals surface area (Å²) in [5.41, 5.74) is 0.971. The molecule has 1 N–H and O–H groups in total. The fraction of sp³-hybridized carbons (Fsp3) is 0.167. The second kappa shape index (κ2) is 8.01.